The van der Waals surface area contributed by atoms with Crippen LogP contribution in [-0.4, -0.2) is 29.2 Å². The van der Waals surface area contributed by atoms with Crippen LogP contribution in [0.15, 0.2) is 53.1 Å². The van der Waals surface area contributed by atoms with Gasteiger partial charge in [0.2, 0.25) is 0 Å². The summed E-state index contributed by atoms with van der Waals surface area (Å²) in [5, 5.41) is 13.7. The van der Waals surface area contributed by atoms with Crippen LogP contribution in [0.25, 0.3) is 0 Å². The normalized spacial score (nSPS) is 10.3. The van der Waals surface area contributed by atoms with E-state index in [0.717, 1.165) is 5.76 Å². The number of methoxy groups -OCH3 is 1. The average molecular weight is 387 g/mol. The molecule has 8 nitrogen and oxygen atoms in total. The molecule has 0 fully saturated rings. The number of aromatic nitrogens is 2. The van der Waals surface area contributed by atoms with Gasteiger partial charge < -0.3 is 19.8 Å². The second-order valence-corrected chi connectivity index (χ2v) is 5.78. The Balaban J connectivity index is 1.66. The molecule has 2 aromatic heterocycles. The highest BCUT2D eigenvalue weighted by Gasteiger charge is 2.14. The molecule has 0 spiro atoms. The first-order chi connectivity index (χ1) is 13.1. The topological polar surface area (TPSA) is 106 Å². The van der Waals surface area contributed by atoms with Crippen LogP contribution < -0.4 is 10.6 Å². The quantitative estimate of drug-likeness (QED) is 0.625. The van der Waals surface area contributed by atoms with Gasteiger partial charge in [0.25, 0.3) is 5.91 Å². The molecule has 0 bridgehead atoms. The summed E-state index contributed by atoms with van der Waals surface area (Å²) >= 11 is 6.07. The lowest BCUT2D eigenvalue weighted by Crippen LogP contribution is -2.15. The second kappa shape index (κ2) is 8.33. The molecule has 138 valence electrons. The summed E-state index contributed by atoms with van der Waals surface area (Å²) in [6.45, 7) is 0.448. The van der Waals surface area contributed by atoms with Gasteiger partial charge in [0.1, 0.15) is 11.6 Å². The van der Waals surface area contributed by atoms with Gasteiger partial charge >= 0.3 is 5.97 Å². The Morgan fingerprint density at radius 3 is 2.70 bits per heavy atom. The maximum absolute atomic E-state index is 12.3. The first kappa shape index (κ1) is 18.4. The minimum absolute atomic E-state index is 0.0955. The molecular formula is C18H15ClN4O4. The Kier molecular flexibility index (Phi) is 5.68. The number of esters is 1. The predicted octanol–water partition coefficient (Wildman–Crippen LogP) is 3.37. The minimum Gasteiger partial charge on any atom is -0.467 e. The molecule has 0 unspecified atom stereocenters. The van der Waals surface area contributed by atoms with Crippen LogP contribution in [0.1, 0.15) is 26.6 Å². The number of hydrogen-bond acceptors (Lipinski definition) is 7. The molecule has 1 amide bonds. The number of carbonyl (C=O) groups is 2. The van der Waals surface area contributed by atoms with E-state index in [1.165, 1.54) is 31.4 Å². The molecule has 2 N–H and O–H groups in total. The lowest BCUT2D eigenvalue weighted by Gasteiger charge is -2.09. The number of halogens is 1. The molecule has 0 aliphatic heterocycles. The van der Waals surface area contributed by atoms with Gasteiger partial charge in [-0.05, 0) is 42.5 Å². The van der Waals surface area contributed by atoms with Gasteiger partial charge in [-0.1, -0.05) is 11.6 Å². The number of amides is 1. The summed E-state index contributed by atoms with van der Waals surface area (Å²) in [6.07, 6.45) is 1.58. The third kappa shape index (κ3) is 4.62. The summed E-state index contributed by atoms with van der Waals surface area (Å²) in [4.78, 5) is 24.0. The molecule has 0 saturated carbocycles. The van der Waals surface area contributed by atoms with Crippen molar-refractivity contribution in [2.75, 3.05) is 17.7 Å². The maximum Gasteiger partial charge on any atom is 0.337 e. The van der Waals surface area contributed by atoms with Crippen molar-refractivity contribution >= 4 is 35.0 Å². The van der Waals surface area contributed by atoms with Crippen LogP contribution in [0.2, 0.25) is 5.02 Å². The van der Waals surface area contributed by atoms with E-state index in [-0.39, 0.29) is 22.0 Å². The lowest BCUT2D eigenvalue weighted by atomic mass is 10.2. The molecule has 0 aliphatic rings. The molecule has 0 saturated heterocycles. The summed E-state index contributed by atoms with van der Waals surface area (Å²) in [5.74, 6) is 0.199. The van der Waals surface area contributed by atoms with Crippen LogP contribution in [0.4, 0.5) is 11.5 Å². The standard InChI is InChI=1S/C18H15ClN4O4/c1-26-18(25)11-4-5-13(19)15(9-11)21-17(24)14-6-7-16(23-22-14)20-10-12-3-2-8-27-12/h2-9H,10H2,1H3,(H,20,23)(H,21,24). The first-order valence-electron chi connectivity index (χ1n) is 7.86. The highest BCUT2D eigenvalue weighted by Crippen LogP contribution is 2.24. The van der Waals surface area contributed by atoms with Crippen LogP contribution in [0, 0.1) is 0 Å². The van der Waals surface area contributed by atoms with Gasteiger partial charge in [0.05, 0.1) is 36.2 Å². The number of benzene rings is 1. The van der Waals surface area contributed by atoms with Crippen LogP contribution in [0.5, 0.6) is 0 Å². The fourth-order valence-electron chi connectivity index (χ4n) is 2.19. The molecule has 3 rings (SSSR count). The molecule has 2 heterocycles. The number of ether oxygens (including phenoxy) is 1. The monoisotopic (exact) mass is 386 g/mol. The third-order valence-electron chi connectivity index (χ3n) is 3.56. The summed E-state index contributed by atoms with van der Waals surface area (Å²) in [6, 6.07) is 11.2. The summed E-state index contributed by atoms with van der Waals surface area (Å²) in [7, 11) is 1.27. The fraction of sp³-hybridized carbons (Fsp3) is 0.111. The molecule has 27 heavy (non-hydrogen) atoms. The molecule has 1 aromatic carbocycles. The Morgan fingerprint density at radius 1 is 1.19 bits per heavy atom. The smallest absolute Gasteiger partial charge is 0.337 e. The molecule has 9 heteroatoms. The van der Waals surface area contributed by atoms with Gasteiger partial charge in [0, 0.05) is 0 Å². The van der Waals surface area contributed by atoms with E-state index < -0.39 is 11.9 Å². The average Bonchev–Trinajstić information content (AvgIpc) is 3.21. The Hall–Kier alpha value is -3.39. The van der Waals surface area contributed by atoms with Crippen molar-refractivity contribution in [1.82, 2.24) is 10.2 Å². The van der Waals surface area contributed by atoms with E-state index in [1.807, 2.05) is 6.07 Å². The Morgan fingerprint density at radius 2 is 2.04 bits per heavy atom. The zero-order chi connectivity index (χ0) is 19.2. The highest BCUT2D eigenvalue weighted by atomic mass is 35.5. The summed E-state index contributed by atoms with van der Waals surface area (Å²) in [5.41, 5.74) is 0.630. The van der Waals surface area contributed by atoms with Gasteiger partial charge in [-0.3, -0.25) is 4.79 Å². The largest absolute Gasteiger partial charge is 0.467 e. The Bertz CT molecular complexity index is 943. The van der Waals surface area contributed by atoms with Crippen LogP contribution >= 0.6 is 11.6 Å². The van der Waals surface area contributed by atoms with E-state index in [4.69, 9.17) is 16.0 Å². The van der Waals surface area contributed by atoms with Gasteiger partial charge in [-0.25, -0.2) is 4.79 Å². The van der Waals surface area contributed by atoms with Crippen molar-refractivity contribution < 1.29 is 18.7 Å². The molecule has 3 aromatic rings. The third-order valence-corrected chi connectivity index (χ3v) is 3.89. The predicted molar refractivity (Wildman–Crippen MR) is 98.8 cm³/mol. The molecule has 0 radical (unpaired) electrons. The first-order valence-corrected chi connectivity index (χ1v) is 8.24. The minimum atomic E-state index is -0.533. The van der Waals surface area contributed by atoms with E-state index in [0.29, 0.717) is 12.4 Å². The molecule has 0 aliphatic carbocycles. The maximum atomic E-state index is 12.3. The van der Waals surface area contributed by atoms with Crippen molar-refractivity contribution in [3.05, 3.63) is 70.8 Å². The zero-order valence-corrected chi connectivity index (χ0v) is 15.0. The second-order valence-electron chi connectivity index (χ2n) is 5.38. The van der Waals surface area contributed by atoms with Crippen molar-refractivity contribution in [2.24, 2.45) is 0 Å². The van der Waals surface area contributed by atoms with E-state index in [9.17, 15) is 9.59 Å². The zero-order valence-electron chi connectivity index (χ0n) is 14.2. The fourth-order valence-corrected chi connectivity index (χ4v) is 2.36. The number of rotatable bonds is 6. The number of nitrogens with zero attached hydrogens (tertiary/aromatic N) is 2. The van der Waals surface area contributed by atoms with Crippen LogP contribution in [0.3, 0.4) is 0 Å². The summed E-state index contributed by atoms with van der Waals surface area (Å²) < 4.78 is 9.86. The molecule has 0 atom stereocenters. The van der Waals surface area contributed by atoms with Crippen molar-refractivity contribution in [1.29, 1.82) is 0 Å². The van der Waals surface area contributed by atoms with Gasteiger partial charge in [-0.2, -0.15) is 0 Å². The van der Waals surface area contributed by atoms with Crippen molar-refractivity contribution in [3.8, 4) is 0 Å². The van der Waals surface area contributed by atoms with Gasteiger partial charge in [-0.15, -0.1) is 10.2 Å². The Labute approximate surface area is 159 Å². The molecular weight excluding hydrogens is 372 g/mol. The lowest BCUT2D eigenvalue weighted by molar-refractivity contribution is 0.0600. The van der Waals surface area contributed by atoms with Crippen LogP contribution in [-0.2, 0) is 11.3 Å². The van der Waals surface area contributed by atoms with Crippen molar-refractivity contribution in [2.45, 2.75) is 6.54 Å². The number of anilines is 2. The van der Waals surface area contributed by atoms with E-state index in [1.54, 1.807) is 18.4 Å². The number of hydrogen-bond donors (Lipinski definition) is 2. The highest BCUT2D eigenvalue weighted by molar-refractivity contribution is 6.34. The number of carbonyl (C=O) groups excluding carboxylic acids is 2. The number of nitrogens with one attached hydrogen (secondary N) is 2. The number of furan rings is 1. The van der Waals surface area contributed by atoms with E-state index in [2.05, 4.69) is 25.6 Å². The van der Waals surface area contributed by atoms with Gasteiger partial charge in [0.15, 0.2) is 5.69 Å². The van der Waals surface area contributed by atoms with Crippen molar-refractivity contribution in [3.63, 3.8) is 0 Å². The van der Waals surface area contributed by atoms with E-state index >= 15 is 0 Å². The SMILES string of the molecule is COC(=O)c1ccc(Cl)c(NC(=O)c2ccc(NCc3ccco3)nn2)c1.